The number of anilines is 1. The number of fused-ring (bicyclic) bond motifs is 1. The highest BCUT2D eigenvalue weighted by molar-refractivity contribution is 7.13. The van der Waals surface area contributed by atoms with Crippen LogP contribution in [0.15, 0.2) is 36.0 Å². The molecule has 0 aliphatic rings. The van der Waals surface area contributed by atoms with Crippen LogP contribution in [-0.4, -0.2) is 25.6 Å². The zero-order valence-corrected chi connectivity index (χ0v) is 14.6. The van der Waals surface area contributed by atoms with E-state index < -0.39 is 10.5 Å². The van der Waals surface area contributed by atoms with Gasteiger partial charge in [-0.1, -0.05) is 13.3 Å². The standard InChI is InChI=1S/C16H17N5O3S/c1-3-6-16(2,14(22)18-15-17-7-8-25-15)20-10-11-4-5-12(21(23)24)9-13(11)19-20/h4-5,7-10H,3,6H2,1-2H3,(H,17,18,22). The van der Waals surface area contributed by atoms with E-state index in [1.807, 2.05) is 6.92 Å². The highest BCUT2D eigenvalue weighted by Gasteiger charge is 2.36. The van der Waals surface area contributed by atoms with E-state index in [4.69, 9.17) is 0 Å². The Morgan fingerprint density at radius 2 is 2.28 bits per heavy atom. The maximum atomic E-state index is 12.9. The summed E-state index contributed by atoms with van der Waals surface area (Å²) in [5, 5.41) is 21.2. The Hall–Kier alpha value is -2.81. The molecular weight excluding hydrogens is 342 g/mol. The van der Waals surface area contributed by atoms with E-state index in [2.05, 4.69) is 15.4 Å². The number of rotatable bonds is 6. The number of carbonyl (C=O) groups is 1. The van der Waals surface area contributed by atoms with Crippen molar-refractivity contribution in [1.29, 1.82) is 0 Å². The van der Waals surface area contributed by atoms with Crippen molar-refractivity contribution in [2.24, 2.45) is 0 Å². The lowest BCUT2D eigenvalue weighted by molar-refractivity contribution is -0.384. The van der Waals surface area contributed by atoms with E-state index in [1.54, 1.807) is 35.4 Å². The molecule has 2 heterocycles. The number of nitrogens with zero attached hydrogens (tertiary/aromatic N) is 4. The first-order valence-electron chi connectivity index (χ1n) is 7.79. The van der Waals surface area contributed by atoms with Crippen LogP contribution in [0.4, 0.5) is 10.8 Å². The molecule has 3 rings (SSSR count). The van der Waals surface area contributed by atoms with Crippen molar-refractivity contribution in [2.75, 3.05) is 5.32 Å². The van der Waals surface area contributed by atoms with Crippen molar-refractivity contribution in [1.82, 2.24) is 14.8 Å². The molecular formula is C16H17N5O3S. The van der Waals surface area contributed by atoms with Crippen LogP contribution in [0.2, 0.25) is 0 Å². The van der Waals surface area contributed by atoms with E-state index >= 15 is 0 Å². The quantitative estimate of drug-likeness (QED) is 0.535. The first-order chi connectivity index (χ1) is 11.9. The molecule has 25 heavy (non-hydrogen) atoms. The minimum absolute atomic E-state index is 0.0258. The van der Waals surface area contributed by atoms with Gasteiger partial charge in [-0.15, -0.1) is 11.3 Å². The summed E-state index contributed by atoms with van der Waals surface area (Å²) in [6, 6.07) is 4.49. The molecule has 0 saturated carbocycles. The van der Waals surface area contributed by atoms with Gasteiger partial charge in [-0.2, -0.15) is 5.10 Å². The van der Waals surface area contributed by atoms with Crippen molar-refractivity contribution >= 4 is 39.0 Å². The molecule has 9 heteroatoms. The van der Waals surface area contributed by atoms with Gasteiger partial charge in [-0.05, 0) is 19.4 Å². The summed E-state index contributed by atoms with van der Waals surface area (Å²) >= 11 is 1.34. The van der Waals surface area contributed by atoms with Crippen LogP contribution in [0.5, 0.6) is 0 Å². The molecule has 0 bridgehead atoms. The van der Waals surface area contributed by atoms with E-state index in [1.165, 1.54) is 23.5 Å². The molecule has 0 radical (unpaired) electrons. The topological polar surface area (TPSA) is 103 Å². The van der Waals surface area contributed by atoms with Crippen molar-refractivity contribution in [3.05, 3.63) is 46.1 Å². The number of amides is 1. The van der Waals surface area contributed by atoms with Gasteiger partial charge in [0, 0.05) is 35.3 Å². The van der Waals surface area contributed by atoms with Crippen molar-refractivity contribution in [2.45, 2.75) is 32.2 Å². The van der Waals surface area contributed by atoms with Gasteiger partial charge in [0.05, 0.1) is 10.4 Å². The third kappa shape index (κ3) is 3.22. The number of thiazole rings is 1. The van der Waals surface area contributed by atoms with E-state index in [0.29, 0.717) is 17.1 Å². The average Bonchev–Trinajstić information content (AvgIpc) is 3.23. The lowest BCUT2D eigenvalue weighted by Crippen LogP contribution is -2.43. The van der Waals surface area contributed by atoms with Crippen LogP contribution in [0, 0.1) is 10.1 Å². The van der Waals surface area contributed by atoms with Gasteiger partial charge in [-0.25, -0.2) is 4.98 Å². The normalized spacial score (nSPS) is 13.5. The number of hydrogen-bond donors (Lipinski definition) is 1. The maximum Gasteiger partial charge on any atom is 0.271 e. The summed E-state index contributed by atoms with van der Waals surface area (Å²) in [6.45, 7) is 3.79. The molecule has 0 aliphatic carbocycles. The predicted molar refractivity (Wildman–Crippen MR) is 95.7 cm³/mol. The summed E-state index contributed by atoms with van der Waals surface area (Å²) in [5.41, 5.74) is -0.463. The Bertz CT molecular complexity index is 921. The Labute approximate surface area is 147 Å². The van der Waals surface area contributed by atoms with Crippen LogP contribution in [0.1, 0.15) is 26.7 Å². The highest BCUT2D eigenvalue weighted by Crippen LogP contribution is 2.28. The summed E-state index contributed by atoms with van der Waals surface area (Å²) < 4.78 is 1.59. The molecule has 1 amide bonds. The smallest absolute Gasteiger partial charge is 0.271 e. The zero-order valence-electron chi connectivity index (χ0n) is 13.8. The van der Waals surface area contributed by atoms with Crippen LogP contribution < -0.4 is 5.32 Å². The molecule has 8 nitrogen and oxygen atoms in total. The molecule has 0 aliphatic heterocycles. The SMILES string of the molecule is CCCC(C)(C(=O)Nc1nccs1)n1cc2ccc([N+](=O)[O-])cc2n1. The van der Waals surface area contributed by atoms with Gasteiger partial charge in [0.2, 0.25) is 0 Å². The average molecular weight is 359 g/mol. The summed E-state index contributed by atoms with van der Waals surface area (Å²) in [7, 11) is 0. The van der Waals surface area contributed by atoms with Gasteiger partial charge >= 0.3 is 0 Å². The molecule has 1 unspecified atom stereocenters. The third-order valence-corrected chi connectivity index (χ3v) is 4.77. The third-order valence-electron chi connectivity index (χ3n) is 4.09. The molecule has 2 aromatic heterocycles. The molecule has 0 fully saturated rings. The number of non-ortho nitro benzene ring substituents is 1. The first kappa shape index (κ1) is 17.0. The lowest BCUT2D eigenvalue weighted by Gasteiger charge is -2.28. The second kappa shape index (κ2) is 6.60. The van der Waals surface area contributed by atoms with Gasteiger partial charge in [0.1, 0.15) is 5.54 Å². The van der Waals surface area contributed by atoms with Crippen molar-refractivity contribution < 1.29 is 9.72 Å². The minimum Gasteiger partial charge on any atom is -0.300 e. The highest BCUT2D eigenvalue weighted by atomic mass is 32.1. The van der Waals surface area contributed by atoms with E-state index in [-0.39, 0.29) is 11.6 Å². The van der Waals surface area contributed by atoms with Crippen LogP contribution in [-0.2, 0) is 10.3 Å². The van der Waals surface area contributed by atoms with Crippen LogP contribution in [0.25, 0.3) is 10.9 Å². The zero-order chi connectivity index (χ0) is 18.0. The van der Waals surface area contributed by atoms with Crippen molar-refractivity contribution in [3.8, 4) is 0 Å². The van der Waals surface area contributed by atoms with Crippen molar-refractivity contribution in [3.63, 3.8) is 0 Å². The summed E-state index contributed by atoms with van der Waals surface area (Å²) in [6.07, 6.45) is 4.72. The number of carbonyl (C=O) groups excluding carboxylic acids is 1. The van der Waals surface area contributed by atoms with E-state index in [0.717, 1.165) is 11.8 Å². The largest absolute Gasteiger partial charge is 0.300 e. The number of nitrogens with one attached hydrogen (secondary N) is 1. The first-order valence-corrected chi connectivity index (χ1v) is 8.67. The summed E-state index contributed by atoms with van der Waals surface area (Å²) in [4.78, 5) is 27.4. The number of aromatic nitrogens is 3. The van der Waals surface area contributed by atoms with E-state index in [9.17, 15) is 14.9 Å². The number of nitro groups is 1. The Balaban J connectivity index is 2.00. The molecule has 0 saturated heterocycles. The fourth-order valence-electron chi connectivity index (χ4n) is 2.71. The molecule has 3 aromatic rings. The minimum atomic E-state index is -0.922. The predicted octanol–water partition coefficient (Wildman–Crippen LogP) is 3.56. The Morgan fingerprint density at radius 3 is 2.92 bits per heavy atom. The number of nitro benzene ring substituents is 1. The molecule has 1 N–H and O–H groups in total. The van der Waals surface area contributed by atoms with Gasteiger partial charge in [0.25, 0.3) is 11.6 Å². The fourth-order valence-corrected chi connectivity index (χ4v) is 3.23. The van der Waals surface area contributed by atoms with Crippen LogP contribution in [0.3, 0.4) is 0 Å². The Kier molecular flexibility index (Phi) is 4.49. The number of hydrogen-bond acceptors (Lipinski definition) is 6. The molecule has 0 spiro atoms. The summed E-state index contributed by atoms with van der Waals surface area (Å²) in [5.74, 6) is -0.216. The number of benzene rings is 1. The maximum absolute atomic E-state index is 12.9. The van der Waals surface area contributed by atoms with Gasteiger partial charge < -0.3 is 0 Å². The van der Waals surface area contributed by atoms with Crippen LogP contribution >= 0.6 is 11.3 Å². The molecule has 1 aromatic carbocycles. The lowest BCUT2D eigenvalue weighted by atomic mass is 9.95. The second-order valence-corrected chi connectivity index (χ2v) is 6.78. The fraction of sp³-hybridized carbons (Fsp3) is 0.312. The second-order valence-electron chi connectivity index (χ2n) is 5.89. The Morgan fingerprint density at radius 1 is 1.48 bits per heavy atom. The molecule has 130 valence electrons. The molecule has 1 atom stereocenters. The monoisotopic (exact) mass is 359 g/mol. The van der Waals surface area contributed by atoms with Gasteiger partial charge in [0.15, 0.2) is 5.13 Å². The van der Waals surface area contributed by atoms with Gasteiger partial charge in [-0.3, -0.25) is 24.9 Å².